The fraction of sp³-hybridized carbons (Fsp3) is 0.500. The molecule has 0 bridgehead atoms. The Morgan fingerprint density at radius 2 is 1.42 bits per heavy atom. The van der Waals surface area contributed by atoms with Crippen molar-refractivity contribution < 1.29 is 18.0 Å². The van der Waals surface area contributed by atoms with Crippen molar-refractivity contribution >= 4 is 33.5 Å². The van der Waals surface area contributed by atoms with E-state index in [1.807, 2.05) is 6.92 Å². The maximum Gasteiger partial charge on any atom is 0.273 e. The number of hydrogen-bond acceptors (Lipinski definition) is 6. The Morgan fingerprint density at radius 3 is 1.97 bits per heavy atom. The van der Waals surface area contributed by atoms with E-state index in [4.69, 9.17) is 0 Å². The lowest BCUT2D eigenvalue weighted by Gasteiger charge is -2.21. The van der Waals surface area contributed by atoms with Crippen molar-refractivity contribution in [2.45, 2.75) is 84.0 Å². The number of nitrogens with one attached hydrogen (secondary N) is 1. The molecule has 180 valence electrons. The van der Waals surface area contributed by atoms with Gasteiger partial charge in [0.1, 0.15) is 0 Å². The van der Waals surface area contributed by atoms with E-state index in [2.05, 4.69) is 22.2 Å². The van der Waals surface area contributed by atoms with Gasteiger partial charge in [-0.1, -0.05) is 39.5 Å². The first kappa shape index (κ1) is 26.4. The number of rotatable bonds is 12. The van der Waals surface area contributed by atoms with Gasteiger partial charge in [-0.3, -0.25) is 9.59 Å². The van der Waals surface area contributed by atoms with Crippen molar-refractivity contribution in [1.82, 2.24) is 9.97 Å². The number of amides is 2. The van der Waals surface area contributed by atoms with E-state index in [1.165, 1.54) is 24.3 Å². The second kappa shape index (κ2) is 12.4. The highest BCUT2D eigenvalue weighted by molar-refractivity contribution is 7.93. The molecule has 0 unspecified atom stereocenters. The first-order valence-corrected chi connectivity index (χ1v) is 12.9. The number of carbonyl (C=O) groups excluding carboxylic acids is 2. The summed E-state index contributed by atoms with van der Waals surface area (Å²) in [5.41, 5.74) is 1.64. The summed E-state index contributed by atoms with van der Waals surface area (Å²) in [6, 6.07) is 7.52. The Morgan fingerprint density at radius 1 is 0.879 bits per heavy atom. The molecule has 2 aromatic rings. The Labute approximate surface area is 196 Å². The van der Waals surface area contributed by atoms with Gasteiger partial charge in [-0.15, -0.1) is 0 Å². The maximum absolute atomic E-state index is 13.5. The summed E-state index contributed by atoms with van der Waals surface area (Å²) in [7, 11) is -4.24. The largest absolute Gasteiger partial charge is 0.326 e. The van der Waals surface area contributed by atoms with Crippen molar-refractivity contribution in [2.24, 2.45) is 0 Å². The highest BCUT2D eigenvalue weighted by Crippen LogP contribution is 2.24. The molecule has 33 heavy (non-hydrogen) atoms. The Bertz CT molecular complexity index is 1030. The number of benzene rings is 1. The molecule has 1 N–H and O–H groups in total. The van der Waals surface area contributed by atoms with Crippen molar-refractivity contribution in [2.75, 3.05) is 9.62 Å². The van der Waals surface area contributed by atoms with Crippen molar-refractivity contribution in [3.8, 4) is 0 Å². The van der Waals surface area contributed by atoms with Crippen LogP contribution in [-0.4, -0.2) is 30.2 Å². The average Bonchev–Trinajstić information content (AvgIpc) is 2.74. The van der Waals surface area contributed by atoms with Crippen LogP contribution in [0.25, 0.3) is 0 Å². The average molecular weight is 475 g/mol. The van der Waals surface area contributed by atoms with Gasteiger partial charge in [0.05, 0.1) is 4.90 Å². The van der Waals surface area contributed by atoms with Gasteiger partial charge in [-0.2, -0.15) is 4.31 Å². The molecule has 0 aliphatic carbocycles. The molecule has 0 atom stereocenters. The zero-order chi connectivity index (χ0) is 24.4. The fourth-order valence-corrected chi connectivity index (χ4v) is 4.70. The molecule has 0 radical (unpaired) electrons. The summed E-state index contributed by atoms with van der Waals surface area (Å²) in [5, 5.41) is 2.77. The molecule has 2 amide bonds. The molecule has 0 saturated carbocycles. The molecule has 1 aromatic heterocycles. The molecule has 0 saturated heterocycles. The molecular formula is C24H34N4O4S. The van der Waals surface area contributed by atoms with Gasteiger partial charge in [-0.05, 0) is 57.0 Å². The molecule has 2 rings (SSSR count). The summed E-state index contributed by atoms with van der Waals surface area (Å²) >= 11 is 0. The van der Waals surface area contributed by atoms with Crippen LogP contribution < -0.4 is 9.62 Å². The van der Waals surface area contributed by atoms with Gasteiger partial charge in [0, 0.05) is 29.9 Å². The van der Waals surface area contributed by atoms with Gasteiger partial charge >= 0.3 is 0 Å². The fourth-order valence-electron chi connectivity index (χ4n) is 3.35. The molecule has 0 fully saturated rings. The molecule has 0 aliphatic heterocycles. The van der Waals surface area contributed by atoms with E-state index in [0.717, 1.165) is 32.1 Å². The summed E-state index contributed by atoms with van der Waals surface area (Å²) in [5.74, 6) is -0.834. The molecule has 0 aliphatic rings. The lowest BCUT2D eigenvalue weighted by Crippen LogP contribution is -2.38. The summed E-state index contributed by atoms with van der Waals surface area (Å²) in [4.78, 5) is 33.4. The minimum Gasteiger partial charge on any atom is -0.326 e. The van der Waals surface area contributed by atoms with Gasteiger partial charge < -0.3 is 5.32 Å². The van der Waals surface area contributed by atoms with Crippen LogP contribution in [0.3, 0.4) is 0 Å². The minimum absolute atomic E-state index is 0.0712. The molecule has 9 heteroatoms. The number of hydrogen-bond donors (Lipinski definition) is 1. The molecule has 8 nitrogen and oxygen atoms in total. The van der Waals surface area contributed by atoms with Gasteiger partial charge in [-0.25, -0.2) is 18.4 Å². The zero-order valence-electron chi connectivity index (χ0n) is 19.9. The summed E-state index contributed by atoms with van der Waals surface area (Å²) in [6.45, 7) is 7.53. The van der Waals surface area contributed by atoms with E-state index in [1.54, 1.807) is 19.9 Å². The second-order valence-electron chi connectivity index (χ2n) is 8.10. The van der Waals surface area contributed by atoms with Crippen LogP contribution in [-0.2, 0) is 19.6 Å². The van der Waals surface area contributed by atoms with Crippen LogP contribution in [0.2, 0.25) is 0 Å². The van der Waals surface area contributed by atoms with Crippen LogP contribution in [0.1, 0.15) is 76.6 Å². The van der Waals surface area contributed by atoms with Crippen molar-refractivity contribution in [3.05, 3.63) is 41.7 Å². The van der Waals surface area contributed by atoms with E-state index in [9.17, 15) is 18.0 Å². The Hall–Kier alpha value is -2.81. The number of nitrogens with zero attached hydrogens (tertiary/aromatic N) is 3. The summed E-state index contributed by atoms with van der Waals surface area (Å²) < 4.78 is 27.7. The van der Waals surface area contributed by atoms with Gasteiger partial charge in [0.25, 0.3) is 10.0 Å². The number of aromatic nitrogens is 2. The third-order valence-electron chi connectivity index (χ3n) is 5.06. The smallest absolute Gasteiger partial charge is 0.273 e. The van der Waals surface area contributed by atoms with Crippen LogP contribution >= 0.6 is 0 Å². The lowest BCUT2D eigenvalue weighted by molar-refractivity contribution is -0.118. The Balaban J connectivity index is 2.31. The normalized spacial score (nSPS) is 11.3. The SMILES string of the molecule is CCCCCC(=O)Nc1ccc(S(=O)(=O)N(C(=O)CCCCC)c2nc(C)cc(C)n2)cc1. The van der Waals surface area contributed by atoms with Crippen LogP contribution in [0.5, 0.6) is 0 Å². The second-order valence-corrected chi connectivity index (χ2v) is 9.89. The van der Waals surface area contributed by atoms with Crippen LogP contribution in [0, 0.1) is 13.8 Å². The summed E-state index contributed by atoms with van der Waals surface area (Å²) in [6.07, 6.45) is 5.61. The van der Waals surface area contributed by atoms with E-state index in [-0.39, 0.29) is 23.2 Å². The monoisotopic (exact) mass is 474 g/mol. The minimum atomic E-state index is -4.24. The Kier molecular flexibility index (Phi) is 9.96. The van der Waals surface area contributed by atoms with E-state index >= 15 is 0 Å². The van der Waals surface area contributed by atoms with Gasteiger partial charge in [0.15, 0.2) is 0 Å². The van der Waals surface area contributed by atoms with Crippen molar-refractivity contribution in [1.29, 1.82) is 0 Å². The van der Waals surface area contributed by atoms with E-state index < -0.39 is 15.9 Å². The third kappa shape index (κ3) is 7.63. The number of anilines is 2. The number of sulfonamides is 1. The topological polar surface area (TPSA) is 109 Å². The predicted octanol–water partition coefficient (Wildman–Crippen LogP) is 4.91. The van der Waals surface area contributed by atoms with Gasteiger partial charge in [0.2, 0.25) is 17.8 Å². The molecule has 0 spiro atoms. The predicted molar refractivity (Wildman–Crippen MR) is 130 cm³/mol. The standard InChI is InChI=1S/C24H34N4O4S/c1-5-7-9-11-22(29)27-20-13-15-21(16-14-20)33(31,32)28(23(30)12-10-8-6-2)24-25-18(3)17-19(4)26-24/h13-17H,5-12H2,1-4H3,(H,27,29). The van der Waals surface area contributed by atoms with Crippen molar-refractivity contribution in [3.63, 3.8) is 0 Å². The number of unbranched alkanes of at least 4 members (excludes halogenated alkanes) is 4. The lowest BCUT2D eigenvalue weighted by atomic mass is 10.2. The quantitative estimate of drug-likeness (QED) is 0.438. The first-order chi connectivity index (χ1) is 15.7. The van der Waals surface area contributed by atoms with Crippen LogP contribution in [0.15, 0.2) is 35.2 Å². The third-order valence-corrected chi connectivity index (χ3v) is 6.77. The molecular weight excluding hydrogens is 440 g/mol. The number of aryl methyl sites for hydroxylation is 2. The molecule has 1 heterocycles. The van der Waals surface area contributed by atoms with Crippen LogP contribution in [0.4, 0.5) is 11.6 Å². The number of carbonyl (C=O) groups is 2. The first-order valence-electron chi connectivity index (χ1n) is 11.5. The maximum atomic E-state index is 13.5. The molecule has 1 aromatic carbocycles. The highest BCUT2D eigenvalue weighted by Gasteiger charge is 2.33. The zero-order valence-corrected chi connectivity index (χ0v) is 20.7. The highest BCUT2D eigenvalue weighted by atomic mass is 32.2. The van der Waals surface area contributed by atoms with E-state index in [0.29, 0.717) is 34.2 Å².